The van der Waals surface area contributed by atoms with Gasteiger partial charge in [0.25, 0.3) is 0 Å². The van der Waals surface area contributed by atoms with Crippen LogP contribution in [0.1, 0.15) is 43.0 Å². The number of hydrogen-bond acceptors (Lipinski definition) is 3. The molecule has 23 heavy (non-hydrogen) atoms. The fraction of sp³-hybridized carbons (Fsp3) is 0.368. The summed E-state index contributed by atoms with van der Waals surface area (Å²) in [4.78, 5) is 19.0. The van der Waals surface area contributed by atoms with Crippen LogP contribution in [0.4, 0.5) is 0 Å². The third-order valence-corrected chi connectivity index (χ3v) is 4.74. The molecule has 0 radical (unpaired) electrons. The molecule has 2 N–H and O–H groups in total. The van der Waals surface area contributed by atoms with E-state index < -0.39 is 0 Å². The average Bonchev–Trinajstić information content (AvgIpc) is 3.11. The predicted molar refractivity (Wildman–Crippen MR) is 90.5 cm³/mol. The number of benzene rings is 1. The zero-order valence-electron chi connectivity index (χ0n) is 13.4. The molecule has 1 aliphatic heterocycles. The summed E-state index contributed by atoms with van der Waals surface area (Å²) >= 11 is 0. The molecule has 0 spiro atoms. The second-order valence-electron chi connectivity index (χ2n) is 6.20. The highest BCUT2D eigenvalue weighted by Crippen LogP contribution is 2.34. The van der Waals surface area contributed by atoms with E-state index in [4.69, 9.17) is 5.73 Å². The number of hydrogen-bond donors (Lipinski definition) is 1. The van der Waals surface area contributed by atoms with Crippen LogP contribution in [0.5, 0.6) is 0 Å². The topological polar surface area (TPSA) is 59.2 Å². The molecule has 1 aromatic carbocycles. The van der Waals surface area contributed by atoms with Gasteiger partial charge in [-0.3, -0.25) is 9.78 Å². The molecule has 3 unspecified atom stereocenters. The fourth-order valence-corrected chi connectivity index (χ4v) is 3.34. The molecular weight excluding hydrogens is 286 g/mol. The largest absolute Gasteiger partial charge is 0.335 e. The molecule has 1 fully saturated rings. The van der Waals surface area contributed by atoms with Crippen LogP contribution in [0, 0.1) is 5.92 Å². The Morgan fingerprint density at radius 1 is 1.22 bits per heavy atom. The van der Waals surface area contributed by atoms with Crippen molar-refractivity contribution in [1.82, 2.24) is 9.88 Å². The van der Waals surface area contributed by atoms with E-state index >= 15 is 0 Å². The summed E-state index contributed by atoms with van der Waals surface area (Å²) in [6.07, 6.45) is 5.61. The van der Waals surface area contributed by atoms with Gasteiger partial charge in [-0.15, -0.1) is 0 Å². The van der Waals surface area contributed by atoms with Crippen LogP contribution >= 0.6 is 0 Å². The quantitative estimate of drug-likeness (QED) is 0.944. The molecule has 2 aromatic rings. The van der Waals surface area contributed by atoms with Gasteiger partial charge < -0.3 is 10.6 Å². The maximum atomic E-state index is 13.0. The van der Waals surface area contributed by atoms with Gasteiger partial charge in [0.1, 0.15) is 0 Å². The van der Waals surface area contributed by atoms with Crippen molar-refractivity contribution < 1.29 is 4.79 Å². The summed E-state index contributed by atoms with van der Waals surface area (Å²) in [6, 6.07) is 13.7. The Labute approximate surface area is 137 Å². The van der Waals surface area contributed by atoms with E-state index in [-0.39, 0.29) is 23.9 Å². The van der Waals surface area contributed by atoms with Gasteiger partial charge in [-0.05, 0) is 36.1 Å². The molecule has 120 valence electrons. The van der Waals surface area contributed by atoms with Crippen molar-refractivity contribution in [1.29, 1.82) is 0 Å². The summed E-state index contributed by atoms with van der Waals surface area (Å²) in [6.45, 7) is 2.74. The van der Waals surface area contributed by atoms with Gasteiger partial charge in [0.15, 0.2) is 0 Å². The van der Waals surface area contributed by atoms with Crippen LogP contribution in [-0.4, -0.2) is 22.3 Å². The van der Waals surface area contributed by atoms with Crippen molar-refractivity contribution in [2.45, 2.75) is 31.8 Å². The normalized spacial score (nSPS) is 20.3. The van der Waals surface area contributed by atoms with Crippen molar-refractivity contribution in [3.63, 3.8) is 0 Å². The van der Waals surface area contributed by atoms with Crippen LogP contribution in [0.15, 0.2) is 54.9 Å². The van der Waals surface area contributed by atoms with Crippen LogP contribution in [0.3, 0.4) is 0 Å². The predicted octanol–water partition coefficient (Wildman–Crippen LogP) is 3.08. The number of aromatic nitrogens is 1. The summed E-state index contributed by atoms with van der Waals surface area (Å²) in [5.41, 5.74) is 8.50. The number of carbonyl (C=O) groups excluding carboxylic acids is 1. The summed E-state index contributed by atoms with van der Waals surface area (Å²) < 4.78 is 0. The number of pyridine rings is 1. The zero-order chi connectivity index (χ0) is 16.2. The first-order valence-electron chi connectivity index (χ1n) is 8.19. The molecule has 0 saturated carbocycles. The molecule has 1 aliphatic rings. The van der Waals surface area contributed by atoms with Gasteiger partial charge in [-0.1, -0.05) is 37.3 Å². The Kier molecular flexibility index (Phi) is 4.72. The SMILES string of the molecule is CC(C(=O)N1CCCC1c1ccncc1)C(N)c1ccccc1. The molecule has 4 heteroatoms. The minimum absolute atomic E-state index is 0.140. The molecule has 0 bridgehead atoms. The number of amides is 1. The summed E-state index contributed by atoms with van der Waals surface area (Å²) in [5, 5.41) is 0. The van der Waals surface area contributed by atoms with Gasteiger partial charge >= 0.3 is 0 Å². The van der Waals surface area contributed by atoms with Crippen LogP contribution < -0.4 is 5.73 Å². The number of likely N-dealkylation sites (tertiary alicyclic amines) is 1. The number of nitrogens with zero attached hydrogens (tertiary/aromatic N) is 2. The third-order valence-electron chi connectivity index (χ3n) is 4.74. The Bertz CT molecular complexity index is 644. The Morgan fingerprint density at radius 2 is 1.91 bits per heavy atom. The lowest BCUT2D eigenvalue weighted by atomic mass is 9.93. The summed E-state index contributed by atoms with van der Waals surface area (Å²) in [7, 11) is 0. The maximum absolute atomic E-state index is 13.0. The maximum Gasteiger partial charge on any atom is 0.227 e. The molecule has 0 aliphatic carbocycles. The van der Waals surface area contributed by atoms with Gasteiger partial charge in [0.2, 0.25) is 5.91 Å². The Hall–Kier alpha value is -2.20. The standard InChI is InChI=1S/C19H23N3O/c1-14(18(20)16-6-3-2-4-7-16)19(23)22-13-5-8-17(22)15-9-11-21-12-10-15/h2-4,6-7,9-12,14,17-18H,5,8,13,20H2,1H3. The highest BCUT2D eigenvalue weighted by Gasteiger charge is 2.34. The smallest absolute Gasteiger partial charge is 0.227 e. The first-order valence-corrected chi connectivity index (χ1v) is 8.19. The van der Waals surface area contributed by atoms with E-state index in [2.05, 4.69) is 4.98 Å². The van der Waals surface area contributed by atoms with Crippen LogP contribution in [-0.2, 0) is 4.79 Å². The van der Waals surface area contributed by atoms with Crippen molar-refractivity contribution in [3.8, 4) is 0 Å². The number of rotatable bonds is 4. The molecule has 1 saturated heterocycles. The molecule has 1 amide bonds. The van der Waals surface area contributed by atoms with Gasteiger partial charge in [0, 0.05) is 25.0 Å². The zero-order valence-corrected chi connectivity index (χ0v) is 13.4. The van der Waals surface area contributed by atoms with E-state index in [9.17, 15) is 4.79 Å². The van der Waals surface area contributed by atoms with E-state index in [0.717, 1.165) is 30.5 Å². The minimum Gasteiger partial charge on any atom is -0.335 e. The Morgan fingerprint density at radius 3 is 2.61 bits per heavy atom. The van der Waals surface area contributed by atoms with Gasteiger partial charge in [-0.2, -0.15) is 0 Å². The van der Waals surface area contributed by atoms with E-state index in [0.29, 0.717) is 0 Å². The highest BCUT2D eigenvalue weighted by molar-refractivity contribution is 5.80. The minimum atomic E-state index is -0.276. The first kappa shape index (κ1) is 15.7. The molecule has 3 rings (SSSR count). The monoisotopic (exact) mass is 309 g/mol. The first-order chi connectivity index (χ1) is 11.2. The fourth-order valence-electron chi connectivity index (χ4n) is 3.34. The van der Waals surface area contributed by atoms with Gasteiger partial charge in [0.05, 0.1) is 12.0 Å². The highest BCUT2D eigenvalue weighted by atomic mass is 16.2. The van der Waals surface area contributed by atoms with Gasteiger partial charge in [-0.25, -0.2) is 0 Å². The molecule has 2 heterocycles. The van der Waals surface area contributed by atoms with E-state index in [1.165, 1.54) is 0 Å². The molecule has 1 aromatic heterocycles. The number of nitrogens with two attached hydrogens (primary N) is 1. The molecular formula is C19H23N3O. The lowest BCUT2D eigenvalue weighted by molar-refractivity contribution is -0.136. The van der Waals surface area contributed by atoms with Crippen LogP contribution in [0.2, 0.25) is 0 Å². The van der Waals surface area contributed by atoms with Crippen molar-refractivity contribution in [3.05, 3.63) is 66.0 Å². The third kappa shape index (κ3) is 3.27. The summed E-state index contributed by atoms with van der Waals surface area (Å²) in [5.74, 6) is -0.0968. The average molecular weight is 309 g/mol. The van der Waals surface area contributed by atoms with Crippen molar-refractivity contribution in [2.75, 3.05) is 6.54 Å². The molecule has 4 nitrogen and oxygen atoms in total. The lowest BCUT2D eigenvalue weighted by Crippen LogP contribution is -2.39. The van der Waals surface area contributed by atoms with Crippen molar-refractivity contribution in [2.24, 2.45) is 11.7 Å². The van der Waals surface area contributed by atoms with E-state index in [1.54, 1.807) is 12.4 Å². The van der Waals surface area contributed by atoms with E-state index in [1.807, 2.05) is 54.3 Å². The second-order valence-corrected chi connectivity index (χ2v) is 6.20. The Balaban J connectivity index is 1.76. The second kappa shape index (κ2) is 6.92. The molecule has 3 atom stereocenters. The van der Waals surface area contributed by atoms with Crippen LogP contribution in [0.25, 0.3) is 0 Å². The van der Waals surface area contributed by atoms with Crippen molar-refractivity contribution >= 4 is 5.91 Å². The number of carbonyl (C=O) groups is 1. The lowest BCUT2D eigenvalue weighted by Gasteiger charge is -2.30.